The average Bonchev–Trinajstić information content (AvgIpc) is 3.22. The van der Waals surface area contributed by atoms with Crippen LogP contribution < -0.4 is 0 Å². The van der Waals surface area contributed by atoms with Crippen molar-refractivity contribution in [3.05, 3.63) is 59.4 Å². The molecule has 2 aliphatic rings. The molecule has 3 amide bonds. The van der Waals surface area contributed by atoms with E-state index in [1.54, 1.807) is 16.7 Å². The molecule has 0 spiro atoms. The molecule has 0 bridgehead atoms. The summed E-state index contributed by atoms with van der Waals surface area (Å²) in [7, 11) is 0. The minimum absolute atomic E-state index is 0.0237. The molecule has 7 heteroatoms. The highest BCUT2D eigenvalue weighted by molar-refractivity contribution is 5.97. The van der Waals surface area contributed by atoms with Crippen molar-refractivity contribution in [2.45, 2.75) is 32.9 Å². The van der Waals surface area contributed by atoms with Gasteiger partial charge < -0.3 is 19.3 Å². The zero-order chi connectivity index (χ0) is 21.3. The van der Waals surface area contributed by atoms with Gasteiger partial charge in [0.15, 0.2) is 0 Å². The molecular weight excluding hydrogens is 380 g/mol. The quantitative estimate of drug-likeness (QED) is 0.728. The van der Waals surface area contributed by atoms with Gasteiger partial charge >= 0.3 is 0 Å². The van der Waals surface area contributed by atoms with E-state index in [-0.39, 0.29) is 30.2 Å². The number of benzene rings is 1. The first-order valence-corrected chi connectivity index (χ1v) is 10.5. The van der Waals surface area contributed by atoms with Crippen molar-refractivity contribution >= 4 is 17.7 Å². The zero-order valence-corrected chi connectivity index (χ0v) is 17.6. The van der Waals surface area contributed by atoms with E-state index < -0.39 is 0 Å². The predicted octanol–water partition coefficient (Wildman–Crippen LogP) is 1.81. The molecule has 2 aliphatic heterocycles. The molecule has 0 N–H and O–H groups in total. The van der Waals surface area contributed by atoms with Gasteiger partial charge in [-0.2, -0.15) is 0 Å². The Bertz CT molecular complexity index is 959. The van der Waals surface area contributed by atoms with E-state index in [9.17, 15) is 14.4 Å². The number of hydrogen-bond donors (Lipinski definition) is 0. The van der Waals surface area contributed by atoms with Crippen LogP contribution in [0, 0.1) is 6.92 Å². The Kier molecular flexibility index (Phi) is 5.61. The monoisotopic (exact) mass is 408 g/mol. The molecule has 3 heterocycles. The first-order chi connectivity index (χ1) is 14.5. The number of hydrogen-bond acceptors (Lipinski definition) is 3. The van der Waals surface area contributed by atoms with Crippen LogP contribution in [-0.2, 0) is 20.9 Å². The van der Waals surface area contributed by atoms with Gasteiger partial charge in [-0.3, -0.25) is 14.4 Å². The molecule has 1 atom stereocenters. The number of nitrogens with zero attached hydrogens (tertiary/aromatic N) is 4. The summed E-state index contributed by atoms with van der Waals surface area (Å²) in [5, 5.41) is 0. The van der Waals surface area contributed by atoms with Crippen LogP contribution in [0.2, 0.25) is 0 Å². The molecular formula is C23H28N4O3. The van der Waals surface area contributed by atoms with E-state index in [0.717, 1.165) is 23.4 Å². The summed E-state index contributed by atoms with van der Waals surface area (Å²) in [6, 6.07) is 12.0. The third-order valence-electron chi connectivity index (χ3n) is 6.22. The lowest BCUT2D eigenvalue weighted by Crippen LogP contribution is -2.51. The number of fused-ring (bicyclic) bond motifs is 1. The minimum atomic E-state index is -0.190. The van der Waals surface area contributed by atoms with Crippen LogP contribution in [0.4, 0.5) is 0 Å². The maximum absolute atomic E-state index is 13.3. The van der Waals surface area contributed by atoms with Gasteiger partial charge in [0.2, 0.25) is 17.7 Å². The highest BCUT2D eigenvalue weighted by Gasteiger charge is 2.34. The average molecular weight is 409 g/mol. The standard InChI is InChI=1S/C23H28N4O3/c1-17-6-3-4-7-19(17)23-20-8-5-9-25(20)14-15-27(23)22(30)16-21(29)26-12-10-24(11-13-26)18(2)28/h3-9,23H,10-16H2,1-2H3/t23-/m0/s1. The third-order valence-corrected chi connectivity index (χ3v) is 6.22. The van der Waals surface area contributed by atoms with Crippen molar-refractivity contribution in [1.82, 2.24) is 19.3 Å². The third kappa shape index (κ3) is 3.84. The second-order valence-corrected chi connectivity index (χ2v) is 8.04. The SMILES string of the molecule is CC(=O)N1CCN(C(=O)CC(=O)N2CCn3cccc3[C@@H]2c2ccccc2C)CC1. The number of carbonyl (C=O) groups is 3. The molecule has 4 rings (SSSR count). The van der Waals surface area contributed by atoms with Crippen molar-refractivity contribution < 1.29 is 14.4 Å². The largest absolute Gasteiger partial charge is 0.348 e. The summed E-state index contributed by atoms with van der Waals surface area (Å²) in [5.74, 6) is -0.280. The fraction of sp³-hybridized carbons (Fsp3) is 0.435. The molecule has 1 aromatic heterocycles. The Morgan fingerprint density at radius 3 is 2.27 bits per heavy atom. The van der Waals surface area contributed by atoms with Gasteiger partial charge in [0.25, 0.3) is 0 Å². The maximum atomic E-state index is 13.3. The van der Waals surface area contributed by atoms with Crippen LogP contribution in [0.15, 0.2) is 42.6 Å². The van der Waals surface area contributed by atoms with E-state index >= 15 is 0 Å². The van der Waals surface area contributed by atoms with Crippen LogP contribution in [0.3, 0.4) is 0 Å². The van der Waals surface area contributed by atoms with Crippen molar-refractivity contribution in [1.29, 1.82) is 0 Å². The second kappa shape index (κ2) is 8.34. The van der Waals surface area contributed by atoms with E-state index in [0.29, 0.717) is 32.7 Å². The summed E-state index contributed by atoms with van der Waals surface area (Å²) in [6.07, 6.45) is 1.91. The highest BCUT2D eigenvalue weighted by atomic mass is 16.2. The first kappa shape index (κ1) is 20.2. The van der Waals surface area contributed by atoms with Crippen LogP contribution in [-0.4, -0.2) is 69.7 Å². The molecule has 158 valence electrons. The Morgan fingerprint density at radius 2 is 1.57 bits per heavy atom. The summed E-state index contributed by atoms with van der Waals surface area (Å²) >= 11 is 0. The van der Waals surface area contributed by atoms with Crippen molar-refractivity contribution in [2.75, 3.05) is 32.7 Å². The number of rotatable bonds is 3. The van der Waals surface area contributed by atoms with E-state index in [1.165, 1.54) is 0 Å². The fourth-order valence-electron chi connectivity index (χ4n) is 4.49. The molecule has 30 heavy (non-hydrogen) atoms. The van der Waals surface area contributed by atoms with Crippen LogP contribution in [0.1, 0.15) is 36.2 Å². The summed E-state index contributed by atoms with van der Waals surface area (Å²) in [4.78, 5) is 42.8. The van der Waals surface area contributed by atoms with Crippen molar-refractivity contribution in [2.24, 2.45) is 0 Å². The number of aromatic nitrogens is 1. The number of amides is 3. The van der Waals surface area contributed by atoms with Gasteiger partial charge in [-0.15, -0.1) is 0 Å². The topological polar surface area (TPSA) is 65.9 Å². The van der Waals surface area contributed by atoms with E-state index in [4.69, 9.17) is 0 Å². The molecule has 0 aliphatic carbocycles. The summed E-state index contributed by atoms with van der Waals surface area (Å²) in [6.45, 7) is 6.91. The molecule has 7 nitrogen and oxygen atoms in total. The molecule has 2 aromatic rings. The first-order valence-electron chi connectivity index (χ1n) is 10.5. The van der Waals surface area contributed by atoms with Crippen LogP contribution in [0.25, 0.3) is 0 Å². The smallest absolute Gasteiger partial charge is 0.232 e. The Balaban J connectivity index is 1.51. The summed E-state index contributed by atoms with van der Waals surface area (Å²) in [5.41, 5.74) is 3.29. The lowest BCUT2D eigenvalue weighted by Gasteiger charge is -2.39. The van der Waals surface area contributed by atoms with Gasteiger partial charge in [0.1, 0.15) is 6.42 Å². The maximum Gasteiger partial charge on any atom is 0.232 e. The summed E-state index contributed by atoms with van der Waals surface area (Å²) < 4.78 is 2.18. The Hall–Kier alpha value is -3.09. The highest BCUT2D eigenvalue weighted by Crippen LogP contribution is 2.34. The van der Waals surface area contributed by atoms with Gasteiger partial charge in [-0.1, -0.05) is 24.3 Å². The van der Waals surface area contributed by atoms with Crippen molar-refractivity contribution in [3.8, 4) is 0 Å². The van der Waals surface area contributed by atoms with Crippen LogP contribution in [0.5, 0.6) is 0 Å². The lowest BCUT2D eigenvalue weighted by molar-refractivity contribution is -0.145. The van der Waals surface area contributed by atoms with Crippen molar-refractivity contribution in [3.63, 3.8) is 0 Å². The number of piperazine rings is 1. The normalized spacial score (nSPS) is 18.9. The van der Waals surface area contributed by atoms with Gasteiger partial charge in [0.05, 0.1) is 6.04 Å². The van der Waals surface area contributed by atoms with E-state index in [2.05, 4.69) is 29.7 Å². The van der Waals surface area contributed by atoms with E-state index in [1.807, 2.05) is 29.3 Å². The molecule has 0 unspecified atom stereocenters. The molecule has 0 saturated carbocycles. The minimum Gasteiger partial charge on any atom is -0.348 e. The number of aryl methyl sites for hydroxylation is 1. The molecule has 1 saturated heterocycles. The Labute approximate surface area is 176 Å². The van der Waals surface area contributed by atoms with Crippen LogP contribution >= 0.6 is 0 Å². The Morgan fingerprint density at radius 1 is 0.867 bits per heavy atom. The van der Waals surface area contributed by atoms with Gasteiger partial charge in [-0.05, 0) is 30.2 Å². The molecule has 0 radical (unpaired) electrons. The second-order valence-electron chi connectivity index (χ2n) is 8.04. The predicted molar refractivity (Wildman–Crippen MR) is 113 cm³/mol. The molecule has 1 fully saturated rings. The van der Waals surface area contributed by atoms with Gasteiger partial charge in [-0.25, -0.2) is 0 Å². The zero-order valence-electron chi connectivity index (χ0n) is 17.6. The van der Waals surface area contributed by atoms with Gasteiger partial charge in [0, 0.05) is 58.1 Å². The fourth-order valence-corrected chi connectivity index (χ4v) is 4.49. The lowest BCUT2D eigenvalue weighted by atomic mass is 9.95. The molecule has 1 aromatic carbocycles. The number of carbonyl (C=O) groups excluding carboxylic acids is 3.